The van der Waals surface area contributed by atoms with Crippen LogP contribution in [0.2, 0.25) is 4.13 Å². The van der Waals surface area contributed by atoms with Crippen molar-refractivity contribution < 1.29 is 34.9 Å². The van der Waals surface area contributed by atoms with E-state index in [0.29, 0.717) is 5.41 Å². The Labute approximate surface area is 213 Å². The van der Waals surface area contributed by atoms with E-state index < -0.39 is 5.60 Å². The third-order valence-corrected chi connectivity index (χ3v) is 8.40. The van der Waals surface area contributed by atoms with E-state index in [4.69, 9.17) is 0 Å². The molecule has 3 saturated carbocycles. The van der Waals surface area contributed by atoms with Crippen molar-refractivity contribution in [2.24, 2.45) is 23.2 Å². The summed E-state index contributed by atoms with van der Waals surface area (Å²) in [4.78, 5) is 0. The Morgan fingerprint density at radius 1 is 1.22 bits per heavy atom. The number of rotatable bonds is 6. The number of hydrogen-bond acceptors (Lipinski definition) is 2. The molecule has 32 heavy (non-hydrogen) atoms. The first-order valence-corrected chi connectivity index (χ1v) is 15.1. The Hall–Kier alpha value is 0.0231. The van der Waals surface area contributed by atoms with Gasteiger partial charge in [0.2, 0.25) is 0 Å². The first-order valence-electron chi connectivity index (χ1n) is 13.0. The van der Waals surface area contributed by atoms with Crippen LogP contribution in [0.4, 0.5) is 0 Å². The van der Waals surface area contributed by atoms with Crippen molar-refractivity contribution in [2.45, 2.75) is 121 Å². The molecule has 2 unspecified atom stereocenters. The van der Waals surface area contributed by atoms with Gasteiger partial charge in [-0.2, -0.15) is 0 Å². The molecule has 0 aliphatic heterocycles. The Bertz CT molecular complexity index is 671. The number of aliphatic hydroxyl groups excluding tert-OH is 1. The zero-order chi connectivity index (χ0) is 23.9. The van der Waals surface area contributed by atoms with Crippen LogP contribution in [-0.4, -0.2) is 21.9 Å². The fourth-order valence-corrected chi connectivity index (χ4v) is 6.63. The second-order valence-electron chi connectivity index (χ2n) is 11.5. The van der Waals surface area contributed by atoms with Gasteiger partial charge in [-0.1, -0.05) is 56.6 Å². The molecule has 5 atom stereocenters. The predicted molar refractivity (Wildman–Crippen MR) is 133 cm³/mol. The number of aliphatic hydroxyl groups is 2. The van der Waals surface area contributed by atoms with Gasteiger partial charge in [0.15, 0.2) is 0 Å². The zero-order valence-electron chi connectivity index (χ0n) is 21.4. The quantitative estimate of drug-likeness (QED) is 0.293. The summed E-state index contributed by atoms with van der Waals surface area (Å²) in [5.74, 6) is 2.29. The first kappa shape index (κ1) is 28.3. The summed E-state index contributed by atoms with van der Waals surface area (Å²) in [6.45, 7) is 15.0. The number of fused-ring (bicyclic) bond motifs is 1. The van der Waals surface area contributed by atoms with Crippen molar-refractivity contribution in [1.29, 1.82) is 0 Å². The summed E-state index contributed by atoms with van der Waals surface area (Å²) in [5.41, 5.74) is 3.96. The number of allylic oxidation sites excluding steroid dienone is 3. The van der Waals surface area contributed by atoms with Crippen LogP contribution < -0.4 is 0 Å². The van der Waals surface area contributed by atoms with Crippen molar-refractivity contribution in [1.82, 2.24) is 0 Å². The van der Waals surface area contributed by atoms with E-state index in [1.54, 1.807) is 5.57 Å². The second-order valence-corrected chi connectivity index (χ2v) is 13.6. The van der Waals surface area contributed by atoms with Gasteiger partial charge in [0.1, 0.15) is 0 Å². The van der Waals surface area contributed by atoms with Gasteiger partial charge in [-0.3, -0.25) is 0 Å². The van der Waals surface area contributed by atoms with Crippen LogP contribution >= 0.6 is 0 Å². The monoisotopic (exact) mass is 639 g/mol. The summed E-state index contributed by atoms with van der Waals surface area (Å²) in [7, 11) is 0. The Kier molecular flexibility index (Phi) is 11.2. The third kappa shape index (κ3) is 7.78. The molecule has 3 fully saturated rings. The van der Waals surface area contributed by atoms with Crippen LogP contribution in [0.1, 0.15) is 105 Å². The molecule has 0 spiro atoms. The van der Waals surface area contributed by atoms with Crippen molar-refractivity contribution >= 4 is 0 Å². The first-order chi connectivity index (χ1) is 15.0. The molecule has 2 N–H and O–H groups in total. The molecule has 0 aromatic rings. The molecule has 3 aliphatic carbocycles. The van der Waals surface area contributed by atoms with E-state index in [1.165, 1.54) is 48.2 Å². The van der Waals surface area contributed by atoms with Crippen LogP contribution in [0.3, 0.4) is 0 Å². The Morgan fingerprint density at radius 3 is 2.53 bits per heavy atom. The molecular weight excluding hydrogens is 590 g/mol. The van der Waals surface area contributed by atoms with Crippen molar-refractivity contribution in [3.8, 4) is 0 Å². The number of hydrogen-bond donors (Lipinski definition) is 2. The van der Waals surface area contributed by atoms with Gasteiger partial charge >= 0.3 is 35.8 Å². The topological polar surface area (TPSA) is 40.5 Å². The minimum absolute atomic E-state index is 0.342. The molecule has 0 radical (unpaired) electrons. The molecule has 3 heteroatoms. The molecular formula is C29H49AtO2. The average Bonchev–Trinajstić information content (AvgIpc) is 3.06. The van der Waals surface area contributed by atoms with Crippen LogP contribution in [0.25, 0.3) is 0 Å². The molecule has 2 nitrogen and oxygen atoms in total. The molecule has 184 valence electrons. The van der Waals surface area contributed by atoms with Crippen molar-refractivity contribution in [2.75, 3.05) is 0 Å². The van der Waals surface area contributed by atoms with E-state index in [-0.39, 0.29) is 6.10 Å². The van der Waals surface area contributed by atoms with Gasteiger partial charge in [0, 0.05) is 0 Å². The third-order valence-electron chi connectivity index (χ3n) is 8.40. The maximum absolute atomic E-state index is 10.1. The van der Waals surface area contributed by atoms with Gasteiger partial charge in [0.05, 0.1) is 11.7 Å². The fourth-order valence-electron chi connectivity index (χ4n) is 6.63. The Morgan fingerprint density at radius 2 is 1.91 bits per heavy atom. The fraction of sp³-hybridized carbons (Fsp3) is 0.793. The van der Waals surface area contributed by atoms with Crippen molar-refractivity contribution in [3.05, 3.63) is 35.5 Å². The SMILES string of the molecule is C=C1CC/C(=C/C=C2\CCC[C@@]3(C)C2CCC3[C@@H](C)CCCC(C)(C)O)C[C@H]1O.CC[At]. The van der Waals surface area contributed by atoms with E-state index in [0.717, 1.165) is 55.4 Å². The van der Waals surface area contributed by atoms with Crippen LogP contribution in [0, 0.1) is 47.9 Å². The zero-order valence-corrected chi connectivity index (χ0v) is 24.4. The Balaban J connectivity index is 0.00000114. The van der Waals surface area contributed by atoms with Crippen molar-refractivity contribution in [3.63, 3.8) is 0 Å². The average molecular weight is 640 g/mol. The van der Waals surface area contributed by atoms with Gasteiger partial charge in [0.25, 0.3) is 0 Å². The van der Waals surface area contributed by atoms with E-state index >= 15 is 0 Å². The summed E-state index contributed by atoms with van der Waals surface area (Å²) >= 11 is 1.82. The summed E-state index contributed by atoms with van der Waals surface area (Å²) in [6.07, 6.45) is 17.1. The molecule has 0 aromatic heterocycles. The molecule has 0 amide bonds. The predicted octanol–water partition coefficient (Wildman–Crippen LogP) is 7.71. The standard InChI is InChI=1S/C27H44O2.C2H5At/c1-19(8-6-16-26(3,4)29)23-14-15-24-22(9-7-17-27(23,24)5)13-12-21-11-10-20(2)25(28)18-21;1-2-3/h12-13,19,23-25,28-29H,2,6-11,14-18H2,1,3-5H3;2H2,1H3/b21-12-,22-13+;/t19-,23?,24?,25+,27+;/m0./s1. The second kappa shape index (κ2) is 12.6. The van der Waals surface area contributed by atoms with Gasteiger partial charge in [-0.25, -0.2) is 0 Å². The summed E-state index contributed by atoms with van der Waals surface area (Å²) in [5, 5.41) is 20.1. The van der Waals surface area contributed by atoms with E-state index in [1.807, 2.05) is 38.6 Å². The van der Waals surface area contributed by atoms with Crippen LogP contribution in [-0.2, 0) is 0 Å². The van der Waals surface area contributed by atoms with Crippen LogP contribution in [0.5, 0.6) is 0 Å². The molecule has 3 rings (SSSR count). The maximum atomic E-state index is 10.1. The van der Waals surface area contributed by atoms with Gasteiger partial charge < -0.3 is 10.2 Å². The van der Waals surface area contributed by atoms with Crippen LogP contribution in [0.15, 0.2) is 35.5 Å². The van der Waals surface area contributed by atoms with Gasteiger partial charge in [-0.05, 0) is 100 Å². The molecule has 0 bridgehead atoms. The summed E-state index contributed by atoms with van der Waals surface area (Å²) < 4.78 is 1.31. The normalized spacial score (nSPS) is 34.2. The van der Waals surface area contributed by atoms with E-state index in [2.05, 4.69) is 39.5 Å². The summed E-state index contributed by atoms with van der Waals surface area (Å²) in [6, 6.07) is 0. The van der Waals surface area contributed by atoms with E-state index in [9.17, 15) is 10.2 Å². The molecule has 0 saturated heterocycles. The molecule has 0 heterocycles. The van der Waals surface area contributed by atoms with Gasteiger partial charge in [-0.15, -0.1) is 0 Å². The molecule has 3 aliphatic rings. The minimum atomic E-state index is -0.533. The molecule has 0 aromatic carbocycles.